The average molecular weight is 777 g/mol. The number of nitrogens with zero attached hydrogens (tertiary/aromatic N) is 4. The van der Waals surface area contributed by atoms with Gasteiger partial charge < -0.3 is 35.0 Å². The second kappa shape index (κ2) is 21.6. The third kappa shape index (κ3) is 12.2. The van der Waals surface area contributed by atoms with Crippen LogP contribution in [0.4, 0.5) is 5.69 Å². The number of carbonyl (C=O) groups excluding carboxylic acids is 4. The van der Waals surface area contributed by atoms with Crippen molar-refractivity contribution < 1.29 is 38.7 Å². The molecule has 55 heavy (non-hydrogen) atoms. The van der Waals surface area contributed by atoms with Crippen molar-refractivity contribution in [3.05, 3.63) is 39.9 Å². The lowest BCUT2D eigenvalue weighted by Crippen LogP contribution is -2.59. The molecule has 0 aliphatic carbocycles. The molecular formula is C40H68N6O9. The molecule has 10 atom stereocenters. The molecule has 1 heterocycles. The smallest absolute Gasteiger partial charge is 0.269 e. The van der Waals surface area contributed by atoms with Crippen LogP contribution in [0.25, 0.3) is 0 Å². The number of hydrogen-bond acceptors (Lipinski definition) is 10. The van der Waals surface area contributed by atoms with Crippen molar-refractivity contribution in [1.29, 1.82) is 0 Å². The highest BCUT2D eigenvalue weighted by Gasteiger charge is 2.43. The van der Waals surface area contributed by atoms with Gasteiger partial charge in [-0.1, -0.05) is 54.9 Å². The van der Waals surface area contributed by atoms with Gasteiger partial charge in [0, 0.05) is 39.9 Å². The lowest BCUT2D eigenvalue weighted by Gasteiger charge is -2.41. The summed E-state index contributed by atoms with van der Waals surface area (Å²) in [5.74, 6) is -1.94. The number of aliphatic hydroxyl groups is 1. The van der Waals surface area contributed by atoms with Crippen LogP contribution in [0.3, 0.4) is 0 Å². The number of aliphatic hydroxyl groups excluding tert-OH is 1. The number of non-ortho nitro benzene ring substituents is 1. The zero-order chi connectivity index (χ0) is 41.9. The van der Waals surface area contributed by atoms with E-state index < -0.39 is 59.4 Å². The Morgan fingerprint density at radius 2 is 1.55 bits per heavy atom. The molecule has 312 valence electrons. The monoisotopic (exact) mass is 777 g/mol. The minimum absolute atomic E-state index is 0.0101. The van der Waals surface area contributed by atoms with Crippen molar-refractivity contribution in [3.8, 4) is 0 Å². The fourth-order valence-electron chi connectivity index (χ4n) is 7.93. The molecule has 4 amide bonds. The van der Waals surface area contributed by atoms with Gasteiger partial charge in [0.2, 0.25) is 23.6 Å². The predicted octanol–water partition coefficient (Wildman–Crippen LogP) is 3.78. The Bertz CT molecular complexity index is 1420. The summed E-state index contributed by atoms with van der Waals surface area (Å²) in [6, 6.07) is 2.71. The van der Waals surface area contributed by atoms with E-state index in [1.807, 2.05) is 60.5 Å². The first-order valence-corrected chi connectivity index (χ1v) is 19.5. The quantitative estimate of drug-likeness (QED) is 0.123. The normalized spacial score (nSPS) is 19.6. The van der Waals surface area contributed by atoms with Gasteiger partial charge in [0.15, 0.2) is 0 Å². The third-order valence-electron chi connectivity index (χ3n) is 11.2. The Hall–Kier alpha value is -3.66. The molecule has 0 radical (unpaired) electrons. The Morgan fingerprint density at radius 3 is 2.02 bits per heavy atom. The fourth-order valence-corrected chi connectivity index (χ4v) is 7.93. The molecule has 1 aliphatic rings. The highest BCUT2D eigenvalue weighted by Crippen LogP contribution is 2.30. The van der Waals surface area contributed by atoms with Gasteiger partial charge in [-0.3, -0.25) is 34.2 Å². The standard InChI is InChI=1S/C40H68N6O9/c1-14-25(6)35(44(11)40(51)33(23(2)3)42-39(50)34(24(4)5)43(9)10)31(54-12)22-32(47)45-21-15-16-30(45)37(55-13)26(7)38(49)41-27(8)36(48)28-17-19-29(20-18-28)46(52)53/h17-20,23-27,30-31,33-37,48H,14-16,21-22H2,1-13H3,(H,41,49)(H,42,50)/t25-,26+,27+,30-,31+,33-,34-,35-,36+,37+/m0/s1. The van der Waals surface area contributed by atoms with Gasteiger partial charge in [-0.15, -0.1) is 0 Å². The summed E-state index contributed by atoms with van der Waals surface area (Å²) in [5.41, 5.74) is 0.319. The van der Waals surface area contributed by atoms with Crippen molar-refractivity contribution in [2.45, 2.75) is 130 Å². The van der Waals surface area contributed by atoms with Crippen molar-refractivity contribution in [2.24, 2.45) is 23.7 Å². The van der Waals surface area contributed by atoms with E-state index in [1.165, 1.54) is 38.5 Å². The molecule has 1 aromatic carbocycles. The molecular weight excluding hydrogens is 708 g/mol. The average Bonchev–Trinajstić information content (AvgIpc) is 3.62. The summed E-state index contributed by atoms with van der Waals surface area (Å²) < 4.78 is 11.9. The third-order valence-corrected chi connectivity index (χ3v) is 11.2. The summed E-state index contributed by atoms with van der Waals surface area (Å²) in [5, 5.41) is 27.8. The number of carbonyl (C=O) groups is 4. The first kappa shape index (κ1) is 47.5. The van der Waals surface area contributed by atoms with Crippen LogP contribution in [0, 0.1) is 33.8 Å². The molecule has 0 saturated carbocycles. The first-order chi connectivity index (χ1) is 25.7. The number of amides is 4. The van der Waals surface area contributed by atoms with Gasteiger partial charge in [0.25, 0.3) is 5.69 Å². The van der Waals surface area contributed by atoms with Crippen LogP contribution >= 0.6 is 0 Å². The van der Waals surface area contributed by atoms with E-state index in [-0.39, 0.29) is 53.5 Å². The van der Waals surface area contributed by atoms with Crippen LogP contribution < -0.4 is 10.6 Å². The van der Waals surface area contributed by atoms with Gasteiger partial charge in [0.05, 0.1) is 59.7 Å². The van der Waals surface area contributed by atoms with Crippen LogP contribution in [0.15, 0.2) is 24.3 Å². The van der Waals surface area contributed by atoms with Crippen molar-refractivity contribution in [3.63, 3.8) is 0 Å². The number of likely N-dealkylation sites (tertiary alicyclic amines) is 1. The number of benzene rings is 1. The maximum Gasteiger partial charge on any atom is 0.269 e. The molecule has 15 heteroatoms. The molecule has 2 rings (SSSR count). The lowest BCUT2D eigenvalue weighted by atomic mass is 9.89. The summed E-state index contributed by atoms with van der Waals surface area (Å²) in [6.45, 7) is 15.6. The molecule has 1 fully saturated rings. The molecule has 0 aromatic heterocycles. The highest BCUT2D eigenvalue weighted by molar-refractivity contribution is 5.90. The van der Waals surface area contributed by atoms with Crippen LogP contribution in [0.5, 0.6) is 0 Å². The van der Waals surface area contributed by atoms with Gasteiger partial charge in [-0.25, -0.2) is 0 Å². The van der Waals surface area contributed by atoms with Crippen LogP contribution in [0.1, 0.15) is 92.7 Å². The van der Waals surface area contributed by atoms with Crippen LogP contribution in [-0.4, -0.2) is 133 Å². The number of nitro groups is 1. The van der Waals surface area contributed by atoms with E-state index in [9.17, 15) is 34.4 Å². The van der Waals surface area contributed by atoms with E-state index in [4.69, 9.17) is 9.47 Å². The van der Waals surface area contributed by atoms with Gasteiger partial charge >= 0.3 is 0 Å². The van der Waals surface area contributed by atoms with Crippen LogP contribution in [0.2, 0.25) is 0 Å². The van der Waals surface area contributed by atoms with E-state index >= 15 is 0 Å². The predicted molar refractivity (Wildman–Crippen MR) is 211 cm³/mol. The number of methoxy groups -OCH3 is 2. The molecule has 0 bridgehead atoms. The van der Waals surface area contributed by atoms with Crippen molar-refractivity contribution >= 4 is 29.3 Å². The largest absolute Gasteiger partial charge is 0.386 e. The summed E-state index contributed by atoms with van der Waals surface area (Å²) in [4.78, 5) is 71.1. The second-order valence-corrected chi connectivity index (χ2v) is 16.1. The molecule has 15 nitrogen and oxygen atoms in total. The maximum absolute atomic E-state index is 14.2. The number of nitro benzene ring substituents is 1. The number of nitrogens with one attached hydrogen (secondary N) is 2. The number of likely N-dealkylation sites (N-methyl/N-ethyl adjacent to an activating group) is 2. The van der Waals surface area contributed by atoms with Gasteiger partial charge in [-0.05, 0) is 69.3 Å². The zero-order valence-corrected chi connectivity index (χ0v) is 35.3. The Kier molecular flexibility index (Phi) is 18.6. The van der Waals surface area contributed by atoms with E-state index in [2.05, 4.69) is 10.6 Å². The molecule has 0 unspecified atom stereocenters. The SMILES string of the molecule is CC[C@H](C)[C@@H]([C@@H](CC(=O)N1CCC[C@H]1[C@H](OC)[C@@H](C)C(=O)N[C@H](C)[C@@H](O)c1ccc([N+](=O)[O-])cc1)OC)N(C)C(=O)[C@@H](NC(=O)[C@H](C(C)C)N(C)C)C(C)C. The molecule has 0 spiro atoms. The molecule has 3 N–H and O–H groups in total. The molecule has 1 aromatic rings. The fraction of sp³-hybridized carbons (Fsp3) is 0.750. The number of rotatable bonds is 21. The van der Waals surface area contributed by atoms with E-state index in [1.54, 1.807) is 30.7 Å². The number of ether oxygens (including phenoxy) is 2. The molecule has 1 aliphatic heterocycles. The minimum Gasteiger partial charge on any atom is -0.386 e. The van der Waals surface area contributed by atoms with E-state index in [0.29, 0.717) is 31.4 Å². The highest BCUT2D eigenvalue weighted by atomic mass is 16.6. The Morgan fingerprint density at radius 1 is 0.945 bits per heavy atom. The summed E-state index contributed by atoms with van der Waals surface area (Å²) in [6.07, 6.45) is -0.387. The topological polar surface area (TPSA) is 184 Å². The second-order valence-electron chi connectivity index (χ2n) is 16.1. The first-order valence-electron chi connectivity index (χ1n) is 19.5. The van der Waals surface area contributed by atoms with Crippen molar-refractivity contribution in [1.82, 2.24) is 25.3 Å². The summed E-state index contributed by atoms with van der Waals surface area (Å²) in [7, 11) is 8.44. The maximum atomic E-state index is 14.2. The summed E-state index contributed by atoms with van der Waals surface area (Å²) >= 11 is 0. The number of hydrogen-bond donors (Lipinski definition) is 3. The minimum atomic E-state index is -1.11. The molecule has 1 saturated heterocycles. The van der Waals surface area contributed by atoms with Gasteiger partial charge in [-0.2, -0.15) is 0 Å². The Labute approximate surface area is 328 Å². The van der Waals surface area contributed by atoms with E-state index in [0.717, 1.165) is 0 Å². The van der Waals surface area contributed by atoms with Gasteiger partial charge in [0.1, 0.15) is 6.04 Å². The van der Waals surface area contributed by atoms with Crippen LogP contribution in [-0.2, 0) is 28.7 Å². The lowest BCUT2D eigenvalue weighted by molar-refractivity contribution is -0.384. The van der Waals surface area contributed by atoms with Crippen molar-refractivity contribution in [2.75, 3.05) is 41.9 Å². The zero-order valence-electron chi connectivity index (χ0n) is 35.3. The Balaban J connectivity index is 2.25.